The first-order valence-electron chi connectivity index (χ1n) is 20.1. The van der Waals surface area contributed by atoms with Gasteiger partial charge in [-0.05, 0) is 85.9 Å². The molecule has 0 aromatic heterocycles. The van der Waals surface area contributed by atoms with Crippen LogP contribution >= 0.6 is 0 Å². The van der Waals surface area contributed by atoms with E-state index in [1.165, 1.54) is 0 Å². The van der Waals surface area contributed by atoms with Crippen LogP contribution in [0.2, 0.25) is 0 Å². The average Bonchev–Trinajstić information content (AvgIpc) is 3.90. The van der Waals surface area contributed by atoms with Crippen molar-refractivity contribution in [3.05, 3.63) is 71.8 Å². The predicted molar refractivity (Wildman–Crippen MR) is 208 cm³/mol. The largest absolute Gasteiger partial charge is 0.492 e. The zero-order chi connectivity index (χ0) is 38.4. The second kappa shape index (κ2) is 17.8. The number of aliphatic hydroxyl groups excluding tert-OH is 2. The molecule has 1 saturated heterocycles. The maximum Gasteiger partial charge on any atom is 0.254 e. The number of aliphatic hydroxyl groups is 2. The summed E-state index contributed by atoms with van der Waals surface area (Å²) < 4.78 is 32.0. The fourth-order valence-electron chi connectivity index (χ4n) is 9.27. The minimum atomic E-state index is -1.32. The van der Waals surface area contributed by atoms with Gasteiger partial charge >= 0.3 is 0 Å². The number of fused-ring (bicyclic) bond motifs is 3. The Kier molecular flexibility index (Phi) is 12.7. The van der Waals surface area contributed by atoms with E-state index >= 15 is 0 Å². The summed E-state index contributed by atoms with van der Waals surface area (Å²) in [7, 11) is 1.56. The molecule has 0 bridgehead atoms. The monoisotopic (exact) mass is 759 g/mol. The van der Waals surface area contributed by atoms with E-state index in [1.807, 2.05) is 17.0 Å². The highest BCUT2D eigenvalue weighted by Crippen LogP contribution is 2.62. The molecule has 12 heteroatoms. The van der Waals surface area contributed by atoms with Gasteiger partial charge in [0.15, 0.2) is 11.5 Å². The molecule has 2 N–H and O–H groups in total. The molecule has 2 aromatic rings. The lowest BCUT2D eigenvalue weighted by Gasteiger charge is -2.60. The third kappa shape index (κ3) is 8.10. The van der Waals surface area contributed by atoms with E-state index < -0.39 is 11.8 Å². The van der Waals surface area contributed by atoms with Crippen LogP contribution in [0, 0.1) is 17.8 Å². The van der Waals surface area contributed by atoms with Crippen LogP contribution in [-0.4, -0.2) is 110 Å². The minimum Gasteiger partial charge on any atom is -0.492 e. The van der Waals surface area contributed by atoms with Crippen molar-refractivity contribution in [3.8, 4) is 23.0 Å². The van der Waals surface area contributed by atoms with Crippen LogP contribution in [0.15, 0.2) is 65.9 Å². The number of rotatable bonds is 20. The summed E-state index contributed by atoms with van der Waals surface area (Å²) in [5.41, 5.74) is 3.29. The Bertz CT molecular complexity index is 1730. The van der Waals surface area contributed by atoms with Gasteiger partial charge in [0, 0.05) is 62.9 Å². The van der Waals surface area contributed by atoms with Gasteiger partial charge in [0.25, 0.3) is 5.91 Å². The van der Waals surface area contributed by atoms with Crippen molar-refractivity contribution in [1.82, 2.24) is 9.80 Å². The van der Waals surface area contributed by atoms with Crippen LogP contribution in [0.25, 0.3) is 0 Å². The summed E-state index contributed by atoms with van der Waals surface area (Å²) in [6, 6.07) is 10.8. The van der Waals surface area contributed by atoms with Crippen molar-refractivity contribution in [2.24, 2.45) is 22.9 Å². The molecule has 2 aromatic carbocycles. The zero-order valence-corrected chi connectivity index (χ0v) is 32.3. The normalized spacial score (nSPS) is 26.7. The van der Waals surface area contributed by atoms with Crippen molar-refractivity contribution < 1.29 is 43.5 Å². The Morgan fingerprint density at radius 1 is 1.05 bits per heavy atom. The number of nitrogens with zero attached hydrogens (tertiary/aromatic N) is 3. The summed E-state index contributed by atoms with van der Waals surface area (Å²) in [6.45, 7) is 10.8. The standard InChI is InChI=1S/C43H57N3O9/c1-4-16-46(42(49)30-12-14-37-38(25-30)53-28-52-37)39-27-35(44-50-3)33-24-29(10-6-8-20-47)32(11-7-9-21-48)40-34-26-31(51-23-19-45-17-18-45)13-15-36(34)55-43(39,41(33)40)54-22-5-2/h5,12-15,24-26,29,32,39-41,47-48H,2,4,6-11,16-23,27-28H2,1,3H3/t29-,32+,39-,40+,41+,43+/m0/s1. The van der Waals surface area contributed by atoms with Gasteiger partial charge in [-0.3, -0.25) is 9.69 Å². The molecule has 1 amide bonds. The van der Waals surface area contributed by atoms with Gasteiger partial charge in [0.05, 0.1) is 18.2 Å². The lowest BCUT2D eigenvalue weighted by Crippen LogP contribution is -2.70. The molecule has 3 heterocycles. The molecule has 3 aliphatic heterocycles. The summed E-state index contributed by atoms with van der Waals surface area (Å²) >= 11 is 0. The van der Waals surface area contributed by atoms with E-state index in [9.17, 15) is 15.0 Å². The number of amides is 1. The van der Waals surface area contributed by atoms with Crippen LogP contribution in [0.5, 0.6) is 23.0 Å². The molecule has 0 radical (unpaired) electrons. The molecule has 12 nitrogen and oxygen atoms in total. The molecular weight excluding hydrogens is 702 g/mol. The first-order chi connectivity index (χ1) is 27.0. The van der Waals surface area contributed by atoms with Crippen LogP contribution < -0.4 is 18.9 Å². The Balaban J connectivity index is 1.40. The van der Waals surface area contributed by atoms with Gasteiger partial charge in [0.1, 0.15) is 31.3 Å². The van der Waals surface area contributed by atoms with E-state index in [4.69, 9.17) is 28.5 Å². The quantitative estimate of drug-likeness (QED) is 0.0726. The van der Waals surface area contributed by atoms with E-state index in [2.05, 4.69) is 35.7 Å². The second-order valence-electron chi connectivity index (χ2n) is 15.2. The zero-order valence-electron chi connectivity index (χ0n) is 32.3. The highest BCUT2D eigenvalue weighted by atomic mass is 16.7. The lowest BCUT2D eigenvalue weighted by molar-refractivity contribution is -0.254. The number of ether oxygens (including phenoxy) is 5. The molecule has 0 unspecified atom stereocenters. The minimum absolute atomic E-state index is 0.112. The lowest BCUT2D eigenvalue weighted by atomic mass is 9.55. The second-order valence-corrected chi connectivity index (χ2v) is 15.2. The first-order valence-corrected chi connectivity index (χ1v) is 20.1. The molecule has 6 atom stereocenters. The maximum atomic E-state index is 14.9. The number of carbonyl (C=O) groups excluding carboxylic acids is 1. The van der Waals surface area contributed by atoms with Gasteiger partial charge in [-0.2, -0.15) is 0 Å². The summed E-state index contributed by atoms with van der Waals surface area (Å²) in [6.07, 6.45) is 9.99. The van der Waals surface area contributed by atoms with Gasteiger partial charge in [-0.1, -0.05) is 37.1 Å². The maximum absolute atomic E-state index is 14.9. The van der Waals surface area contributed by atoms with Gasteiger partial charge in [-0.25, -0.2) is 0 Å². The Morgan fingerprint density at radius 2 is 1.84 bits per heavy atom. The van der Waals surface area contributed by atoms with Crippen LogP contribution in [0.1, 0.15) is 80.1 Å². The number of allylic oxidation sites excluding steroid dienone is 1. The fourth-order valence-corrected chi connectivity index (χ4v) is 9.27. The number of carbonyl (C=O) groups is 1. The topological polar surface area (TPSA) is 132 Å². The Labute approximate surface area is 324 Å². The Hall–Kier alpha value is -4.10. The molecule has 298 valence electrons. The average molecular weight is 760 g/mol. The summed E-state index contributed by atoms with van der Waals surface area (Å²) in [5, 5.41) is 24.4. The molecule has 1 saturated carbocycles. The summed E-state index contributed by atoms with van der Waals surface area (Å²) in [4.78, 5) is 24.7. The molecule has 2 fully saturated rings. The molecule has 55 heavy (non-hydrogen) atoms. The number of hydrogen-bond acceptors (Lipinski definition) is 11. The van der Waals surface area contributed by atoms with E-state index in [1.54, 1.807) is 31.4 Å². The van der Waals surface area contributed by atoms with Gasteiger partial charge in [0.2, 0.25) is 12.6 Å². The highest BCUT2D eigenvalue weighted by Gasteiger charge is 2.65. The molecule has 5 aliphatic rings. The number of benzene rings is 2. The molecule has 2 aliphatic carbocycles. The highest BCUT2D eigenvalue weighted by molar-refractivity contribution is 6.03. The predicted octanol–water partition coefficient (Wildman–Crippen LogP) is 5.93. The Morgan fingerprint density at radius 3 is 2.58 bits per heavy atom. The van der Waals surface area contributed by atoms with Crippen molar-refractivity contribution in [2.75, 3.05) is 66.5 Å². The van der Waals surface area contributed by atoms with E-state index in [-0.39, 0.29) is 56.2 Å². The SMILES string of the molecule is C=CCO[C@@]12Oc3ccc(OCCN4CC4)cc3[C@H]3[C@H](CCCCO)[C@@H](CCCCO)C=C(C(=NOC)C[C@@H]1N(CCC)C(=O)c1ccc4c(c1)OCO4)[C@H]32. The van der Waals surface area contributed by atoms with Crippen LogP contribution in [-0.2, 0) is 9.57 Å². The van der Waals surface area contributed by atoms with E-state index in [0.29, 0.717) is 61.6 Å². The van der Waals surface area contributed by atoms with Crippen molar-refractivity contribution >= 4 is 11.6 Å². The van der Waals surface area contributed by atoms with Crippen LogP contribution in [0.4, 0.5) is 0 Å². The van der Waals surface area contributed by atoms with Gasteiger partial charge < -0.3 is 43.6 Å². The van der Waals surface area contributed by atoms with Crippen molar-refractivity contribution in [2.45, 2.75) is 76.0 Å². The van der Waals surface area contributed by atoms with Crippen molar-refractivity contribution in [3.63, 3.8) is 0 Å². The fraction of sp³-hybridized carbons (Fsp3) is 0.581. The third-order valence-electron chi connectivity index (χ3n) is 11.8. The smallest absolute Gasteiger partial charge is 0.254 e. The number of hydrogen-bond donors (Lipinski definition) is 2. The first kappa shape index (κ1) is 39.1. The number of oxime groups is 1. The van der Waals surface area contributed by atoms with E-state index in [0.717, 1.165) is 67.9 Å². The van der Waals surface area contributed by atoms with Crippen LogP contribution in [0.3, 0.4) is 0 Å². The molecule has 0 spiro atoms. The number of unbranched alkanes of at least 4 members (excludes halogenated alkanes) is 2. The third-order valence-corrected chi connectivity index (χ3v) is 11.8. The van der Waals surface area contributed by atoms with Gasteiger partial charge in [-0.15, -0.1) is 6.58 Å². The summed E-state index contributed by atoms with van der Waals surface area (Å²) in [5.74, 6) is 0.935. The van der Waals surface area contributed by atoms with Crippen molar-refractivity contribution in [1.29, 1.82) is 0 Å². The molecular formula is C43H57N3O9. The molecule has 7 rings (SSSR count).